The third kappa shape index (κ3) is 5.34. The monoisotopic (exact) mass is 505 g/mol. The summed E-state index contributed by atoms with van der Waals surface area (Å²) in [4.78, 5) is 23.4. The Balaban J connectivity index is 1.49. The summed E-state index contributed by atoms with van der Waals surface area (Å²) in [5.41, 5.74) is 2.47. The first-order valence-corrected chi connectivity index (χ1v) is 12.0. The molecule has 3 aromatic rings. The van der Waals surface area contributed by atoms with Gasteiger partial charge in [0.2, 0.25) is 5.91 Å². The van der Waals surface area contributed by atoms with Crippen LogP contribution in [0.15, 0.2) is 48.8 Å². The number of benzene rings is 2. The Morgan fingerprint density at radius 2 is 2.06 bits per heavy atom. The predicted octanol–water partition coefficient (Wildman–Crippen LogP) is 4.47. The number of hydrogen-bond donors (Lipinski definition) is 2. The Bertz CT molecular complexity index is 1400. The quantitative estimate of drug-likeness (QED) is 0.380. The topological polar surface area (TPSA) is 79.4 Å². The summed E-state index contributed by atoms with van der Waals surface area (Å²) in [7, 11) is 3.86. The number of ether oxygens (including phenoxy) is 1. The largest absolute Gasteiger partial charge is 0.381 e. The second-order valence-corrected chi connectivity index (χ2v) is 9.61. The molecule has 0 unspecified atom stereocenters. The highest BCUT2D eigenvalue weighted by Gasteiger charge is 2.53. The number of aromatic nitrogens is 2. The molecule has 2 N–H and O–H groups in total. The first-order chi connectivity index (χ1) is 17.4. The lowest BCUT2D eigenvalue weighted by Gasteiger charge is -2.12. The molecule has 0 spiro atoms. The van der Waals surface area contributed by atoms with E-state index in [0.29, 0.717) is 58.0 Å². The van der Waals surface area contributed by atoms with Crippen LogP contribution in [0.25, 0.3) is 10.9 Å². The molecule has 1 aliphatic heterocycles. The molecule has 2 aromatic carbocycles. The lowest BCUT2D eigenvalue weighted by molar-refractivity contribution is -0.111. The van der Waals surface area contributed by atoms with Crippen molar-refractivity contribution in [2.75, 3.05) is 44.5 Å². The first kappa shape index (κ1) is 24.2. The van der Waals surface area contributed by atoms with Crippen LogP contribution in [0.1, 0.15) is 5.56 Å². The predicted molar refractivity (Wildman–Crippen MR) is 139 cm³/mol. The van der Waals surface area contributed by atoms with Crippen molar-refractivity contribution in [1.82, 2.24) is 14.9 Å². The Hall–Kier alpha value is -3.51. The van der Waals surface area contributed by atoms with E-state index in [1.165, 1.54) is 24.5 Å². The van der Waals surface area contributed by atoms with Gasteiger partial charge in [-0.1, -0.05) is 29.5 Å². The summed E-state index contributed by atoms with van der Waals surface area (Å²) in [5.74, 6) is 7.70. The first-order valence-electron chi connectivity index (χ1n) is 11.6. The van der Waals surface area contributed by atoms with Crippen LogP contribution in [0.5, 0.6) is 0 Å². The Labute approximate surface area is 213 Å². The SMILES string of the molecule is CN(C)C/C=C/C(=O)Nc1cc2c(Nc3ccc(F)c(Cl)c3)ncnc2cc1C#C[C@@H]1[C@H]2COC[C@@H]12. The molecule has 184 valence electrons. The number of halogens is 2. The Kier molecular flexibility index (Phi) is 6.88. The van der Waals surface area contributed by atoms with Gasteiger partial charge < -0.3 is 20.3 Å². The zero-order valence-electron chi connectivity index (χ0n) is 19.9. The summed E-state index contributed by atoms with van der Waals surface area (Å²) in [6, 6.07) is 8.00. The van der Waals surface area contributed by atoms with Gasteiger partial charge >= 0.3 is 0 Å². The van der Waals surface area contributed by atoms with E-state index in [0.717, 1.165) is 13.2 Å². The van der Waals surface area contributed by atoms with Gasteiger partial charge in [0.25, 0.3) is 0 Å². The van der Waals surface area contributed by atoms with Crippen molar-refractivity contribution in [3.63, 3.8) is 0 Å². The summed E-state index contributed by atoms with van der Waals surface area (Å²) in [6.45, 7) is 2.17. The van der Waals surface area contributed by atoms with Gasteiger partial charge in [0.15, 0.2) is 0 Å². The highest BCUT2D eigenvalue weighted by molar-refractivity contribution is 6.31. The highest BCUT2D eigenvalue weighted by atomic mass is 35.5. The van der Waals surface area contributed by atoms with E-state index in [2.05, 4.69) is 32.4 Å². The van der Waals surface area contributed by atoms with Crippen LogP contribution in [0.3, 0.4) is 0 Å². The van der Waals surface area contributed by atoms with Crippen molar-refractivity contribution in [2.24, 2.45) is 17.8 Å². The number of likely N-dealkylation sites (N-methyl/N-ethyl adjacent to an activating group) is 1. The maximum atomic E-state index is 13.6. The van der Waals surface area contributed by atoms with Gasteiger partial charge in [-0.05, 0) is 44.4 Å². The second-order valence-electron chi connectivity index (χ2n) is 9.21. The van der Waals surface area contributed by atoms with Gasteiger partial charge in [-0.2, -0.15) is 0 Å². The zero-order valence-corrected chi connectivity index (χ0v) is 20.6. The molecule has 2 heterocycles. The number of amides is 1. The zero-order chi connectivity index (χ0) is 25.2. The van der Waals surface area contributed by atoms with Crippen LogP contribution in [-0.2, 0) is 9.53 Å². The van der Waals surface area contributed by atoms with Gasteiger partial charge in [-0.15, -0.1) is 0 Å². The molecule has 2 fully saturated rings. The molecule has 3 atom stereocenters. The van der Waals surface area contributed by atoms with Crippen LogP contribution < -0.4 is 10.6 Å². The van der Waals surface area contributed by atoms with Crippen molar-refractivity contribution in [3.05, 3.63) is 65.2 Å². The molecule has 1 saturated carbocycles. The minimum Gasteiger partial charge on any atom is -0.381 e. The number of nitrogens with zero attached hydrogens (tertiary/aromatic N) is 3. The lowest BCUT2D eigenvalue weighted by Crippen LogP contribution is -2.13. The second kappa shape index (κ2) is 10.2. The fourth-order valence-corrected chi connectivity index (χ4v) is 4.46. The lowest BCUT2D eigenvalue weighted by atomic mass is 10.1. The minimum absolute atomic E-state index is 0.00336. The molecule has 7 nitrogen and oxygen atoms in total. The molecule has 9 heteroatoms. The summed E-state index contributed by atoms with van der Waals surface area (Å²) >= 11 is 5.94. The van der Waals surface area contributed by atoms with E-state index < -0.39 is 5.82 Å². The Morgan fingerprint density at radius 3 is 2.81 bits per heavy atom. The fraction of sp³-hybridized carbons (Fsp3) is 0.296. The van der Waals surface area contributed by atoms with E-state index in [9.17, 15) is 9.18 Å². The molecular weight excluding hydrogens is 481 g/mol. The third-order valence-corrected chi connectivity index (χ3v) is 6.57. The van der Waals surface area contributed by atoms with Gasteiger partial charge in [-0.3, -0.25) is 4.79 Å². The minimum atomic E-state index is -0.503. The highest BCUT2D eigenvalue weighted by Crippen LogP contribution is 2.50. The number of nitrogens with one attached hydrogen (secondary N) is 2. The van der Waals surface area contributed by atoms with Crippen LogP contribution in [-0.4, -0.2) is 54.6 Å². The van der Waals surface area contributed by atoms with E-state index in [4.69, 9.17) is 16.3 Å². The molecule has 0 bridgehead atoms. The standard InChI is InChI=1S/C27H25ClFN5O2/c1-34(2)9-3-4-26(35)33-24-12-19-25(10-16(24)5-7-18-20-13-36-14-21(18)20)30-15-31-27(19)32-17-6-8-23(29)22(28)11-17/h3-4,6,8,10-12,15,18,20-21H,9,13-14H2,1-2H3,(H,33,35)(H,30,31,32)/b4-3+/t18-,20-,21+. The number of carbonyl (C=O) groups is 1. The maximum Gasteiger partial charge on any atom is 0.248 e. The number of anilines is 3. The van der Waals surface area contributed by atoms with Crippen LogP contribution >= 0.6 is 11.6 Å². The maximum absolute atomic E-state index is 13.6. The summed E-state index contributed by atoms with van der Waals surface area (Å²) in [6.07, 6.45) is 4.74. The molecule has 1 aromatic heterocycles. The van der Waals surface area contributed by atoms with Crippen molar-refractivity contribution in [1.29, 1.82) is 0 Å². The number of rotatable bonds is 6. The summed E-state index contributed by atoms with van der Waals surface area (Å²) in [5, 5.41) is 6.79. The molecule has 0 radical (unpaired) electrons. The normalized spacial score (nSPS) is 20.3. The molecular formula is C27H25ClFN5O2. The number of fused-ring (bicyclic) bond motifs is 2. The molecule has 5 rings (SSSR count). The number of carbonyl (C=O) groups excluding carboxylic acids is 1. The van der Waals surface area contributed by atoms with E-state index in [1.807, 2.05) is 25.1 Å². The van der Waals surface area contributed by atoms with Gasteiger partial charge in [0, 0.05) is 41.4 Å². The van der Waals surface area contributed by atoms with Crippen molar-refractivity contribution in [3.8, 4) is 11.8 Å². The average molecular weight is 506 g/mol. The van der Waals surface area contributed by atoms with Crippen LogP contribution in [0.4, 0.5) is 21.6 Å². The van der Waals surface area contributed by atoms with E-state index in [1.54, 1.807) is 18.2 Å². The van der Waals surface area contributed by atoms with Gasteiger partial charge in [0.1, 0.15) is 18.0 Å². The molecule has 36 heavy (non-hydrogen) atoms. The molecule has 1 aliphatic carbocycles. The third-order valence-electron chi connectivity index (χ3n) is 6.28. The van der Waals surface area contributed by atoms with Gasteiger partial charge in [-0.25, -0.2) is 14.4 Å². The van der Waals surface area contributed by atoms with E-state index >= 15 is 0 Å². The Morgan fingerprint density at radius 1 is 1.25 bits per heavy atom. The van der Waals surface area contributed by atoms with Crippen molar-refractivity contribution >= 4 is 45.6 Å². The average Bonchev–Trinajstić information content (AvgIpc) is 3.26. The van der Waals surface area contributed by atoms with Crippen molar-refractivity contribution in [2.45, 2.75) is 0 Å². The molecule has 1 saturated heterocycles. The van der Waals surface area contributed by atoms with Crippen LogP contribution in [0, 0.1) is 35.4 Å². The van der Waals surface area contributed by atoms with E-state index in [-0.39, 0.29) is 10.9 Å². The smallest absolute Gasteiger partial charge is 0.248 e. The van der Waals surface area contributed by atoms with Crippen LogP contribution in [0.2, 0.25) is 5.02 Å². The van der Waals surface area contributed by atoms with Gasteiger partial charge in [0.05, 0.1) is 35.0 Å². The fourth-order valence-electron chi connectivity index (χ4n) is 4.28. The summed E-state index contributed by atoms with van der Waals surface area (Å²) < 4.78 is 19.1. The van der Waals surface area contributed by atoms with Crippen molar-refractivity contribution < 1.29 is 13.9 Å². The number of hydrogen-bond acceptors (Lipinski definition) is 6. The molecule has 1 amide bonds. The molecule has 2 aliphatic rings.